The molecule has 2 saturated heterocycles. The van der Waals surface area contributed by atoms with Crippen LogP contribution in [0.25, 0.3) is 0 Å². The molecule has 0 bridgehead atoms. The number of hydrogen-bond donors (Lipinski definition) is 4. The molecule has 0 aromatic carbocycles. The second kappa shape index (κ2) is 14.0. The van der Waals surface area contributed by atoms with E-state index in [0.717, 1.165) is 64.2 Å². The third kappa shape index (κ3) is 7.18. The zero-order valence-electron chi connectivity index (χ0n) is 30.5. The molecule has 50 heavy (non-hydrogen) atoms. The molecular weight excluding hydrogens is 659 g/mol. The maximum absolute atomic E-state index is 14.9. The van der Waals surface area contributed by atoms with Crippen LogP contribution in [0.5, 0.6) is 0 Å². The Labute approximate surface area is 297 Å². The Morgan fingerprint density at radius 1 is 0.840 bits per heavy atom. The van der Waals surface area contributed by atoms with E-state index in [9.17, 15) is 32.4 Å². The summed E-state index contributed by atoms with van der Waals surface area (Å²) < 4.78 is 26.3. The number of carbonyl (C=O) groups is 5. The minimum absolute atomic E-state index is 0.0127. The van der Waals surface area contributed by atoms with Crippen LogP contribution in [-0.4, -0.2) is 90.1 Å². The Morgan fingerprint density at radius 2 is 1.48 bits per heavy atom. The molecule has 6 atom stereocenters. The summed E-state index contributed by atoms with van der Waals surface area (Å²) in [7, 11) is -3.35. The highest BCUT2D eigenvalue weighted by atomic mass is 32.2. The molecule has 6 fully saturated rings. The maximum atomic E-state index is 14.9. The molecule has 1 unspecified atom stereocenters. The molecule has 6 aliphatic rings. The quantitative estimate of drug-likeness (QED) is 0.224. The minimum Gasteiger partial charge on any atom is -0.347 e. The summed E-state index contributed by atoms with van der Waals surface area (Å²) in [6, 6.07) is -3.26. The average molecular weight is 718 g/mol. The molecule has 12 nitrogen and oxygen atoms in total. The van der Waals surface area contributed by atoms with Crippen molar-refractivity contribution in [1.82, 2.24) is 26.2 Å². The number of hydrogen-bond acceptors (Lipinski definition) is 7. The SMILES string of the molecule is CCCC(NC(=O)[C@@H]1[C@@H]2[C@H](CN1C(=O)[C@@H](NC(=O)NC1([C@H]3CCCS3(=O)=O)CCCCC1)C1(C)CCCCC1)C2(C)C)C(=O)C(=O)NC1CC1. The van der Waals surface area contributed by atoms with Gasteiger partial charge in [-0.1, -0.05) is 72.6 Å². The summed E-state index contributed by atoms with van der Waals surface area (Å²) in [6.45, 7) is 8.48. The molecule has 5 amide bonds. The van der Waals surface area contributed by atoms with Crippen LogP contribution in [-0.2, 0) is 29.0 Å². The Kier molecular flexibility index (Phi) is 10.4. The normalized spacial score (nSPS) is 31.4. The van der Waals surface area contributed by atoms with Crippen molar-refractivity contribution in [2.45, 2.75) is 165 Å². The van der Waals surface area contributed by atoms with Crippen LogP contribution in [0.3, 0.4) is 0 Å². The van der Waals surface area contributed by atoms with E-state index in [2.05, 4.69) is 35.1 Å². The molecule has 4 aliphatic carbocycles. The Hall–Kier alpha value is -2.70. The summed E-state index contributed by atoms with van der Waals surface area (Å²) in [5.74, 6) is -1.99. The van der Waals surface area contributed by atoms with Crippen molar-refractivity contribution >= 4 is 39.4 Å². The molecule has 2 aliphatic heterocycles. The number of fused-ring (bicyclic) bond motifs is 1. The summed E-state index contributed by atoms with van der Waals surface area (Å²) in [6.07, 6.45) is 11.9. The summed E-state index contributed by atoms with van der Waals surface area (Å²) in [5, 5.41) is 11.2. The van der Waals surface area contributed by atoms with E-state index in [1.807, 2.05) is 13.8 Å². The predicted octanol–water partition coefficient (Wildman–Crippen LogP) is 3.52. The third-order valence-electron chi connectivity index (χ3n) is 13.4. The van der Waals surface area contributed by atoms with Crippen LogP contribution in [0.1, 0.15) is 130 Å². The first kappa shape index (κ1) is 37.1. The number of rotatable bonds is 12. The first-order valence-corrected chi connectivity index (χ1v) is 21.1. The maximum Gasteiger partial charge on any atom is 0.315 e. The predicted molar refractivity (Wildman–Crippen MR) is 189 cm³/mol. The monoisotopic (exact) mass is 717 g/mol. The number of likely N-dealkylation sites (tertiary alicyclic amines) is 1. The van der Waals surface area contributed by atoms with Gasteiger partial charge in [0.05, 0.1) is 22.6 Å². The minimum atomic E-state index is -3.35. The Morgan fingerprint density at radius 3 is 2.06 bits per heavy atom. The van der Waals surface area contributed by atoms with Gasteiger partial charge in [0.2, 0.25) is 17.6 Å². The van der Waals surface area contributed by atoms with E-state index in [-0.39, 0.29) is 35.0 Å². The van der Waals surface area contributed by atoms with E-state index >= 15 is 0 Å². The number of sulfone groups is 1. The van der Waals surface area contributed by atoms with Crippen LogP contribution in [0, 0.1) is 22.7 Å². The topological polar surface area (TPSA) is 171 Å². The van der Waals surface area contributed by atoms with Gasteiger partial charge in [0.25, 0.3) is 5.91 Å². The second-order valence-corrected chi connectivity index (χ2v) is 19.6. The second-order valence-electron chi connectivity index (χ2n) is 17.3. The lowest BCUT2D eigenvalue weighted by Gasteiger charge is -2.45. The van der Waals surface area contributed by atoms with Crippen LogP contribution in [0.15, 0.2) is 0 Å². The van der Waals surface area contributed by atoms with Gasteiger partial charge < -0.3 is 26.2 Å². The average Bonchev–Trinajstić information content (AvgIpc) is 3.85. The number of nitrogens with zero attached hydrogens (tertiary/aromatic N) is 1. The van der Waals surface area contributed by atoms with Crippen LogP contribution < -0.4 is 21.3 Å². The molecule has 4 N–H and O–H groups in total. The number of carbonyl (C=O) groups excluding carboxylic acids is 5. The zero-order valence-corrected chi connectivity index (χ0v) is 31.3. The van der Waals surface area contributed by atoms with Crippen molar-refractivity contribution in [3.8, 4) is 0 Å². The molecule has 0 aromatic rings. The first-order valence-electron chi connectivity index (χ1n) is 19.4. The standard InChI is InChI=1S/C37H59N5O7S/c1-5-13-25(29(43)32(45)38-23-15-16-23)39-31(44)28-27-24(35(27,2)3)22-42(28)33(46)30(36(4)17-8-6-9-18-36)40-34(47)41-37(19-10-7-11-20-37)26-14-12-21-50(26,48)49/h23-28,30H,5-22H2,1-4H3,(H,38,45)(H,39,44)(H2,40,41,47)/t24-,25?,26+,27-,28-,30+/m0/s1. The number of Topliss-reactive ketones (excluding diaryl/α,β-unsaturated/α-hetero) is 1. The van der Waals surface area contributed by atoms with Crippen LogP contribution >= 0.6 is 0 Å². The van der Waals surface area contributed by atoms with Crippen LogP contribution in [0.4, 0.5) is 4.79 Å². The molecule has 6 rings (SSSR count). The number of piperidine rings is 1. The molecule has 13 heteroatoms. The Bertz CT molecular complexity index is 1460. The number of urea groups is 1. The number of amides is 5. The van der Waals surface area contributed by atoms with E-state index in [0.29, 0.717) is 45.1 Å². The van der Waals surface area contributed by atoms with E-state index in [1.165, 1.54) is 0 Å². The number of nitrogens with one attached hydrogen (secondary N) is 4. The van der Waals surface area contributed by atoms with Gasteiger partial charge in [-0.05, 0) is 80.5 Å². The lowest BCUT2D eigenvalue weighted by Crippen LogP contribution is -2.66. The van der Waals surface area contributed by atoms with E-state index in [4.69, 9.17) is 0 Å². The zero-order chi connectivity index (χ0) is 36.1. The van der Waals surface area contributed by atoms with Crippen molar-refractivity contribution in [1.29, 1.82) is 0 Å². The third-order valence-corrected chi connectivity index (χ3v) is 15.8. The van der Waals surface area contributed by atoms with Gasteiger partial charge in [0.15, 0.2) is 9.84 Å². The molecular formula is C37H59N5O7S. The van der Waals surface area contributed by atoms with Gasteiger partial charge in [0, 0.05) is 12.6 Å². The van der Waals surface area contributed by atoms with E-state index in [1.54, 1.807) is 4.90 Å². The molecule has 280 valence electrons. The Balaban J connectivity index is 1.24. The largest absolute Gasteiger partial charge is 0.347 e. The summed E-state index contributed by atoms with van der Waals surface area (Å²) >= 11 is 0. The van der Waals surface area contributed by atoms with Gasteiger partial charge in [-0.3, -0.25) is 19.2 Å². The fourth-order valence-electron chi connectivity index (χ4n) is 10.1. The van der Waals surface area contributed by atoms with Gasteiger partial charge >= 0.3 is 6.03 Å². The molecule has 0 radical (unpaired) electrons. The van der Waals surface area contributed by atoms with Gasteiger partial charge in [-0.2, -0.15) is 0 Å². The number of ketones is 1. The fraction of sp³-hybridized carbons (Fsp3) is 0.865. The highest BCUT2D eigenvalue weighted by Crippen LogP contribution is 2.65. The molecule has 0 aromatic heterocycles. The van der Waals surface area contributed by atoms with Crippen molar-refractivity contribution in [3.05, 3.63) is 0 Å². The summed E-state index contributed by atoms with van der Waals surface area (Å²) in [4.78, 5) is 70.7. The summed E-state index contributed by atoms with van der Waals surface area (Å²) in [5.41, 5.74) is -1.61. The highest BCUT2D eigenvalue weighted by molar-refractivity contribution is 7.92. The van der Waals surface area contributed by atoms with Gasteiger partial charge in [0.1, 0.15) is 12.1 Å². The lowest BCUT2D eigenvalue weighted by atomic mass is 9.70. The van der Waals surface area contributed by atoms with Crippen molar-refractivity contribution in [2.75, 3.05) is 12.3 Å². The van der Waals surface area contributed by atoms with Gasteiger partial charge in [-0.25, -0.2) is 13.2 Å². The van der Waals surface area contributed by atoms with E-state index < -0.39 is 67.8 Å². The van der Waals surface area contributed by atoms with Crippen LogP contribution in [0.2, 0.25) is 0 Å². The molecule has 2 heterocycles. The smallest absolute Gasteiger partial charge is 0.315 e. The van der Waals surface area contributed by atoms with Gasteiger partial charge in [-0.15, -0.1) is 0 Å². The van der Waals surface area contributed by atoms with Crippen molar-refractivity contribution in [2.24, 2.45) is 22.7 Å². The first-order chi connectivity index (χ1) is 23.6. The lowest BCUT2D eigenvalue weighted by molar-refractivity contribution is -0.146. The van der Waals surface area contributed by atoms with Crippen molar-refractivity contribution < 1.29 is 32.4 Å². The fourth-order valence-corrected chi connectivity index (χ4v) is 12.5. The highest BCUT2D eigenvalue weighted by Gasteiger charge is 2.70. The molecule has 0 spiro atoms. The van der Waals surface area contributed by atoms with Crippen molar-refractivity contribution in [3.63, 3.8) is 0 Å². The molecule has 4 saturated carbocycles.